The highest BCUT2D eigenvalue weighted by atomic mass is 19.3. The van der Waals surface area contributed by atoms with Gasteiger partial charge >= 0.3 is 6.61 Å². The van der Waals surface area contributed by atoms with Gasteiger partial charge in [0, 0.05) is 0 Å². The summed E-state index contributed by atoms with van der Waals surface area (Å²) >= 11 is 0. The summed E-state index contributed by atoms with van der Waals surface area (Å²) in [7, 11) is 3.44. The maximum atomic E-state index is 12.3. The molecule has 0 aliphatic rings. The third-order valence-electron chi connectivity index (χ3n) is 2.74. The fourth-order valence-corrected chi connectivity index (χ4v) is 2.00. The SMILES string of the molecule is CBCc1cc(OC)c(OC(F)F)cc1CBC. The van der Waals surface area contributed by atoms with E-state index >= 15 is 0 Å². The van der Waals surface area contributed by atoms with E-state index in [2.05, 4.69) is 18.4 Å². The van der Waals surface area contributed by atoms with Crippen LogP contribution in [0.4, 0.5) is 8.78 Å². The quantitative estimate of drug-likeness (QED) is 0.695. The van der Waals surface area contributed by atoms with Gasteiger partial charge in [-0.25, -0.2) is 0 Å². The molecule has 0 aliphatic heterocycles. The van der Waals surface area contributed by atoms with Crippen LogP contribution >= 0.6 is 0 Å². The average Bonchev–Trinajstić information content (AvgIpc) is 2.32. The third-order valence-corrected chi connectivity index (χ3v) is 2.74. The number of alkyl halides is 2. The van der Waals surface area contributed by atoms with Gasteiger partial charge in [-0.2, -0.15) is 8.78 Å². The van der Waals surface area contributed by atoms with Crippen molar-refractivity contribution in [2.45, 2.75) is 32.9 Å². The van der Waals surface area contributed by atoms with Crippen LogP contribution in [0.1, 0.15) is 11.1 Å². The molecule has 1 rings (SSSR count). The molecule has 0 atom stereocenters. The number of hydrogen-bond acceptors (Lipinski definition) is 2. The van der Waals surface area contributed by atoms with Gasteiger partial charge in [0.1, 0.15) is 14.6 Å². The summed E-state index contributed by atoms with van der Waals surface area (Å²) in [6.45, 7) is 1.32. The first-order valence-corrected chi connectivity index (χ1v) is 6.26. The van der Waals surface area contributed by atoms with E-state index in [1.165, 1.54) is 7.11 Å². The molecule has 0 radical (unpaired) electrons. The van der Waals surface area contributed by atoms with Gasteiger partial charge in [-0.1, -0.05) is 26.3 Å². The fourth-order valence-electron chi connectivity index (χ4n) is 2.00. The van der Waals surface area contributed by atoms with Crippen molar-refractivity contribution in [2.24, 2.45) is 0 Å². The smallest absolute Gasteiger partial charge is 0.387 e. The Balaban J connectivity index is 3.13. The van der Waals surface area contributed by atoms with Gasteiger partial charge < -0.3 is 9.47 Å². The summed E-state index contributed by atoms with van der Waals surface area (Å²) in [6, 6.07) is 3.49. The molecule has 0 saturated heterocycles. The molecule has 0 saturated carbocycles. The number of rotatable bonds is 7. The molecule has 6 heteroatoms. The van der Waals surface area contributed by atoms with Crippen molar-refractivity contribution in [3.8, 4) is 11.5 Å². The molecular weight excluding hydrogens is 236 g/mol. The molecule has 2 nitrogen and oxygen atoms in total. The van der Waals surface area contributed by atoms with E-state index in [9.17, 15) is 8.78 Å². The molecule has 18 heavy (non-hydrogen) atoms. The summed E-state index contributed by atoms with van der Waals surface area (Å²) in [5, 5.41) is 0. The molecule has 98 valence electrons. The van der Waals surface area contributed by atoms with Crippen molar-refractivity contribution in [3.05, 3.63) is 23.3 Å². The van der Waals surface area contributed by atoms with Crippen LogP contribution in [-0.2, 0) is 12.6 Å². The third kappa shape index (κ3) is 3.93. The van der Waals surface area contributed by atoms with Crippen molar-refractivity contribution in [1.82, 2.24) is 0 Å². The predicted octanol–water partition coefficient (Wildman–Crippen LogP) is 2.27. The maximum absolute atomic E-state index is 12.3. The van der Waals surface area contributed by atoms with Crippen molar-refractivity contribution < 1.29 is 18.3 Å². The lowest BCUT2D eigenvalue weighted by Gasteiger charge is -2.15. The first kappa shape index (κ1) is 14.9. The minimum atomic E-state index is -2.83. The Morgan fingerprint density at radius 2 is 1.56 bits per heavy atom. The number of benzene rings is 1. The summed E-state index contributed by atoms with van der Waals surface area (Å²) in [6.07, 6.45) is 1.78. The topological polar surface area (TPSA) is 18.5 Å². The Bertz CT molecular complexity index is 387. The normalized spacial score (nSPS) is 10.3. The molecule has 0 aliphatic carbocycles. The molecule has 1 aromatic carbocycles. The number of ether oxygens (including phenoxy) is 2. The van der Waals surface area contributed by atoms with E-state index in [-0.39, 0.29) is 5.75 Å². The van der Waals surface area contributed by atoms with Crippen LogP contribution in [-0.4, -0.2) is 28.3 Å². The van der Waals surface area contributed by atoms with Crippen LogP contribution in [0.25, 0.3) is 0 Å². The van der Waals surface area contributed by atoms with Crippen LogP contribution in [0.3, 0.4) is 0 Å². The molecule has 0 unspecified atom stereocenters. The molecule has 1 aromatic rings. The first-order valence-electron chi connectivity index (χ1n) is 6.26. The second-order valence-electron chi connectivity index (χ2n) is 4.15. The Labute approximate surface area is 108 Å². The number of methoxy groups -OCH3 is 1. The molecule has 0 N–H and O–H groups in total. The second-order valence-corrected chi connectivity index (χ2v) is 4.15. The molecular formula is C12H18B2F2O2. The summed E-state index contributed by atoms with van der Waals surface area (Å²) < 4.78 is 34.3. The Hall–Kier alpha value is -1.19. The Morgan fingerprint density at radius 1 is 1.06 bits per heavy atom. The highest BCUT2D eigenvalue weighted by Crippen LogP contribution is 2.32. The van der Waals surface area contributed by atoms with E-state index < -0.39 is 6.61 Å². The van der Waals surface area contributed by atoms with Crippen LogP contribution in [0.15, 0.2) is 12.1 Å². The second kappa shape index (κ2) is 7.29. The van der Waals surface area contributed by atoms with E-state index in [1.54, 1.807) is 6.07 Å². The Kier molecular flexibility index (Phi) is 6.02. The van der Waals surface area contributed by atoms with E-state index in [0.717, 1.165) is 38.3 Å². The first-order chi connectivity index (χ1) is 8.62. The van der Waals surface area contributed by atoms with Gasteiger partial charge in [0.2, 0.25) is 0 Å². The molecule has 0 fully saturated rings. The van der Waals surface area contributed by atoms with E-state index in [1.807, 2.05) is 6.07 Å². The largest absolute Gasteiger partial charge is 0.493 e. The zero-order valence-electron chi connectivity index (χ0n) is 11.1. The summed E-state index contributed by atoms with van der Waals surface area (Å²) in [5.41, 5.74) is 2.22. The summed E-state index contributed by atoms with van der Waals surface area (Å²) in [4.78, 5) is 0. The van der Waals surface area contributed by atoms with Crippen LogP contribution < -0.4 is 9.47 Å². The van der Waals surface area contributed by atoms with Gasteiger partial charge in [-0.3, -0.25) is 0 Å². The van der Waals surface area contributed by atoms with Crippen LogP contribution in [0.2, 0.25) is 13.6 Å². The fraction of sp³-hybridized carbons (Fsp3) is 0.500. The summed E-state index contributed by atoms with van der Waals surface area (Å²) in [5.74, 6) is 0.495. The van der Waals surface area contributed by atoms with Crippen molar-refractivity contribution >= 4 is 14.6 Å². The Morgan fingerprint density at radius 3 is 1.94 bits per heavy atom. The minimum Gasteiger partial charge on any atom is -0.493 e. The van der Waals surface area contributed by atoms with Gasteiger partial charge in [-0.05, 0) is 23.3 Å². The number of hydrogen-bond donors (Lipinski definition) is 0. The lowest BCUT2D eigenvalue weighted by atomic mass is 9.69. The zero-order chi connectivity index (χ0) is 13.5. The number of halogens is 2. The van der Waals surface area contributed by atoms with Gasteiger partial charge in [-0.15, -0.1) is 0 Å². The standard InChI is InChI=1S/C12H18B2F2O2/c1-13-6-8-4-10(17-3)11(18-12(15)16)5-9(8)7-14-2/h4-5,12-14H,6-7H2,1-3H3. The van der Waals surface area contributed by atoms with Gasteiger partial charge in [0.15, 0.2) is 11.5 Å². The molecule has 0 heterocycles. The minimum absolute atomic E-state index is 0.121. The monoisotopic (exact) mass is 254 g/mol. The van der Waals surface area contributed by atoms with Crippen molar-refractivity contribution in [3.63, 3.8) is 0 Å². The molecule has 0 spiro atoms. The van der Waals surface area contributed by atoms with Crippen molar-refractivity contribution in [1.29, 1.82) is 0 Å². The highest BCUT2D eigenvalue weighted by molar-refractivity contribution is 6.34. The van der Waals surface area contributed by atoms with E-state index in [4.69, 9.17) is 4.74 Å². The zero-order valence-corrected chi connectivity index (χ0v) is 11.1. The molecule has 0 amide bonds. The van der Waals surface area contributed by atoms with Crippen molar-refractivity contribution in [2.75, 3.05) is 7.11 Å². The van der Waals surface area contributed by atoms with Gasteiger partial charge in [0.25, 0.3) is 0 Å². The van der Waals surface area contributed by atoms with Crippen LogP contribution in [0, 0.1) is 0 Å². The van der Waals surface area contributed by atoms with E-state index in [0.29, 0.717) is 5.75 Å². The highest BCUT2D eigenvalue weighted by Gasteiger charge is 2.14. The maximum Gasteiger partial charge on any atom is 0.387 e. The molecule has 0 bridgehead atoms. The predicted molar refractivity (Wildman–Crippen MR) is 73.1 cm³/mol. The molecule has 0 aromatic heterocycles. The lowest BCUT2D eigenvalue weighted by molar-refractivity contribution is -0.0512. The average molecular weight is 254 g/mol. The van der Waals surface area contributed by atoms with Crippen LogP contribution in [0.5, 0.6) is 11.5 Å². The van der Waals surface area contributed by atoms with Gasteiger partial charge in [0.05, 0.1) is 7.11 Å². The lowest BCUT2D eigenvalue weighted by Crippen LogP contribution is -2.07.